The summed E-state index contributed by atoms with van der Waals surface area (Å²) in [6.45, 7) is 4.25. The summed E-state index contributed by atoms with van der Waals surface area (Å²) < 4.78 is 38.5. The number of aromatic amines is 1. The maximum Gasteiger partial charge on any atom is 0.393 e. The molecule has 170 valence electrons. The topological polar surface area (TPSA) is 80.6 Å². The first-order valence-corrected chi connectivity index (χ1v) is 11.4. The number of H-pyrrole nitrogens is 1. The minimum atomic E-state index is -4.24. The third kappa shape index (κ3) is 4.38. The second-order valence-corrected chi connectivity index (χ2v) is 9.45. The average molecular weight is 471 g/mol. The first-order valence-electron chi connectivity index (χ1n) is 10.6. The van der Waals surface area contributed by atoms with Gasteiger partial charge < -0.3 is 15.2 Å². The molecule has 0 saturated carbocycles. The largest absolute Gasteiger partial charge is 0.393 e. The third-order valence-electron chi connectivity index (χ3n) is 6.11. The zero-order chi connectivity index (χ0) is 23.2. The summed E-state index contributed by atoms with van der Waals surface area (Å²) in [5.74, 6) is 0.697. The van der Waals surface area contributed by atoms with Crippen LogP contribution < -0.4 is 10.2 Å². The van der Waals surface area contributed by atoms with E-state index >= 15 is 0 Å². The van der Waals surface area contributed by atoms with Crippen LogP contribution in [0.3, 0.4) is 0 Å². The molecule has 33 heavy (non-hydrogen) atoms. The van der Waals surface area contributed by atoms with E-state index in [2.05, 4.69) is 44.2 Å². The van der Waals surface area contributed by atoms with Crippen molar-refractivity contribution >= 4 is 38.3 Å². The molecule has 1 unspecified atom stereocenters. The molecule has 0 spiro atoms. The van der Waals surface area contributed by atoms with Gasteiger partial charge in [0.05, 0.1) is 11.8 Å². The van der Waals surface area contributed by atoms with E-state index in [4.69, 9.17) is 5.26 Å². The van der Waals surface area contributed by atoms with Gasteiger partial charge in [0.15, 0.2) is 0 Å². The van der Waals surface area contributed by atoms with E-state index in [0.717, 1.165) is 47.3 Å². The maximum atomic E-state index is 12.8. The van der Waals surface area contributed by atoms with Gasteiger partial charge in [-0.1, -0.05) is 6.07 Å². The summed E-state index contributed by atoms with van der Waals surface area (Å²) in [4.78, 5) is 14.6. The summed E-state index contributed by atoms with van der Waals surface area (Å²) in [6, 6.07) is 9.89. The SMILES string of the molecule is Cc1c(CNC2CCN(c3ncnc4sc(CC(F)(F)F)cc34)C2)ccc2[nH]c(C#N)cc12. The average Bonchev–Trinajstić information content (AvgIpc) is 3.49. The van der Waals surface area contributed by atoms with E-state index < -0.39 is 12.6 Å². The molecule has 1 fully saturated rings. The zero-order valence-corrected chi connectivity index (χ0v) is 18.6. The second-order valence-electron chi connectivity index (χ2n) is 8.34. The molecule has 4 aromatic rings. The van der Waals surface area contributed by atoms with Crippen LogP contribution in [-0.4, -0.2) is 40.3 Å². The molecular formula is C23H21F3N6S. The van der Waals surface area contributed by atoms with Gasteiger partial charge >= 0.3 is 6.18 Å². The number of aromatic nitrogens is 3. The zero-order valence-electron chi connectivity index (χ0n) is 17.8. The van der Waals surface area contributed by atoms with Crippen LogP contribution in [0.15, 0.2) is 30.6 Å². The molecule has 0 amide bonds. The van der Waals surface area contributed by atoms with Crippen molar-refractivity contribution in [1.29, 1.82) is 5.26 Å². The standard InChI is InChI=1S/C23H21F3N6S/c1-13-14(2-3-20-18(13)6-16(9-27)31-20)10-28-15-4-5-32(11-15)21-19-7-17(8-23(24,25)26)33-22(19)30-12-29-21/h2-3,6-7,12,15,28,31H,4-5,8,10-11H2,1H3. The lowest BCUT2D eigenvalue weighted by molar-refractivity contribution is -0.126. The lowest BCUT2D eigenvalue weighted by Gasteiger charge is -2.19. The van der Waals surface area contributed by atoms with Gasteiger partial charge in [-0.15, -0.1) is 11.3 Å². The number of hydrogen-bond donors (Lipinski definition) is 2. The molecule has 1 aliphatic rings. The Morgan fingerprint density at radius 2 is 2.12 bits per heavy atom. The van der Waals surface area contributed by atoms with Gasteiger partial charge in [0, 0.05) is 41.5 Å². The van der Waals surface area contributed by atoms with E-state index in [1.165, 1.54) is 11.9 Å². The highest BCUT2D eigenvalue weighted by Crippen LogP contribution is 2.34. The first-order chi connectivity index (χ1) is 15.8. The highest BCUT2D eigenvalue weighted by molar-refractivity contribution is 7.18. The molecule has 1 atom stereocenters. The number of nitrogens with one attached hydrogen (secondary N) is 2. The van der Waals surface area contributed by atoms with E-state index in [1.807, 2.05) is 12.1 Å². The van der Waals surface area contributed by atoms with Crippen LogP contribution in [0.1, 0.15) is 28.1 Å². The van der Waals surface area contributed by atoms with Crippen molar-refractivity contribution in [2.75, 3.05) is 18.0 Å². The summed E-state index contributed by atoms with van der Waals surface area (Å²) in [5, 5.41) is 14.5. The first kappa shape index (κ1) is 21.7. The normalized spacial score (nSPS) is 16.7. The van der Waals surface area contributed by atoms with E-state index in [9.17, 15) is 13.2 Å². The van der Waals surface area contributed by atoms with Gasteiger partial charge in [-0.25, -0.2) is 9.97 Å². The Morgan fingerprint density at radius 3 is 2.91 bits per heavy atom. The van der Waals surface area contributed by atoms with Crippen molar-refractivity contribution in [2.45, 2.75) is 38.5 Å². The fraction of sp³-hybridized carbons (Fsp3) is 0.348. The second kappa shape index (κ2) is 8.32. The van der Waals surface area contributed by atoms with Crippen molar-refractivity contribution in [3.05, 3.63) is 52.3 Å². The number of halogens is 3. The smallest absolute Gasteiger partial charge is 0.354 e. The molecule has 10 heteroatoms. The number of aryl methyl sites for hydroxylation is 1. The van der Waals surface area contributed by atoms with Crippen LogP contribution in [0.4, 0.5) is 19.0 Å². The third-order valence-corrected chi connectivity index (χ3v) is 7.15. The molecule has 1 saturated heterocycles. The van der Waals surface area contributed by atoms with Crippen molar-refractivity contribution in [3.8, 4) is 6.07 Å². The number of hydrogen-bond acceptors (Lipinski definition) is 6. The number of nitrogens with zero attached hydrogens (tertiary/aromatic N) is 4. The molecular weight excluding hydrogens is 449 g/mol. The van der Waals surface area contributed by atoms with Gasteiger partial charge in [0.25, 0.3) is 0 Å². The number of fused-ring (bicyclic) bond motifs is 2. The summed E-state index contributed by atoms with van der Waals surface area (Å²) in [6.07, 6.45) is -2.85. The number of thiophene rings is 1. The van der Waals surface area contributed by atoms with Gasteiger partial charge in [0.1, 0.15) is 28.7 Å². The fourth-order valence-electron chi connectivity index (χ4n) is 4.45. The van der Waals surface area contributed by atoms with Gasteiger partial charge in [-0.3, -0.25) is 0 Å². The number of alkyl halides is 3. The number of anilines is 1. The van der Waals surface area contributed by atoms with Crippen LogP contribution in [0, 0.1) is 18.3 Å². The predicted molar refractivity (Wildman–Crippen MR) is 122 cm³/mol. The Balaban J connectivity index is 1.28. The Morgan fingerprint density at radius 1 is 1.27 bits per heavy atom. The van der Waals surface area contributed by atoms with Gasteiger partial charge in [0.2, 0.25) is 0 Å². The Hall–Kier alpha value is -3.16. The highest BCUT2D eigenvalue weighted by atomic mass is 32.1. The molecule has 1 aromatic carbocycles. The molecule has 0 bridgehead atoms. The van der Waals surface area contributed by atoms with Crippen LogP contribution in [0.25, 0.3) is 21.1 Å². The predicted octanol–water partition coefficient (Wildman–Crippen LogP) is 4.83. The van der Waals surface area contributed by atoms with Gasteiger partial charge in [-0.2, -0.15) is 18.4 Å². The Labute approximate surface area is 192 Å². The summed E-state index contributed by atoms with van der Waals surface area (Å²) in [7, 11) is 0. The van der Waals surface area contributed by atoms with Crippen molar-refractivity contribution in [3.63, 3.8) is 0 Å². The maximum absolute atomic E-state index is 12.8. The van der Waals surface area contributed by atoms with Crippen LogP contribution in [0.5, 0.6) is 0 Å². The fourth-order valence-corrected chi connectivity index (χ4v) is 5.47. The molecule has 1 aliphatic heterocycles. The van der Waals surface area contributed by atoms with E-state index in [0.29, 0.717) is 28.3 Å². The molecule has 4 heterocycles. The molecule has 0 aliphatic carbocycles. The summed E-state index contributed by atoms with van der Waals surface area (Å²) >= 11 is 1.08. The van der Waals surface area contributed by atoms with E-state index in [1.54, 1.807) is 6.07 Å². The van der Waals surface area contributed by atoms with Crippen molar-refractivity contribution in [1.82, 2.24) is 20.3 Å². The summed E-state index contributed by atoms with van der Waals surface area (Å²) in [5.41, 5.74) is 3.81. The minimum absolute atomic E-state index is 0.235. The van der Waals surface area contributed by atoms with Gasteiger partial charge in [-0.05, 0) is 42.7 Å². The lowest BCUT2D eigenvalue weighted by Crippen LogP contribution is -2.32. The molecule has 6 nitrogen and oxygen atoms in total. The van der Waals surface area contributed by atoms with Crippen LogP contribution in [-0.2, 0) is 13.0 Å². The molecule has 3 aromatic heterocycles. The number of benzene rings is 1. The number of nitriles is 1. The highest BCUT2D eigenvalue weighted by Gasteiger charge is 2.30. The van der Waals surface area contributed by atoms with Crippen LogP contribution in [0.2, 0.25) is 0 Å². The lowest BCUT2D eigenvalue weighted by atomic mass is 10.0. The molecule has 2 N–H and O–H groups in total. The molecule has 5 rings (SSSR count). The number of rotatable bonds is 5. The Kier molecular flexibility index (Phi) is 5.46. The quantitative estimate of drug-likeness (QED) is 0.437. The minimum Gasteiger partial charge on any atom is -0.354 e. The monoisotopic (exact) mass is 470 g/mol. The Bertz CT molecular complexity index is 1370. The van der Waals surface area contributed by atoms with Crippen molar-refractivity contribution < 1.29 is 13.2 Å². The van der Waals surface area contributed by atoms with E-state index in [-0.39, 0.29) is 10.9 Å². The molecule has 0 radical (unpaired) electrons. The van der Waals surface area contributed by atoms with Crippen LogP contribution >= 0.6 is 11.3 Å². The van der Waals surface area contributed by atoms with Crippen molar-refractivity contribution in [2.24, 2.45) is 0 Å².